The number of benzene rings is 10. The predicted molar refractivity (Wildman–Crippen MR) is 257 cm³/mol. The third-order valence-electron chi connectivity index (χ3n) is 12.2. The molecule has 0 aliphatic heterocycles. The van der Waals surface area contributed by atoms with Crippen LogP contribution in [0.3, 0.4) is 0 Å². The monoisotopic (exact) mass is 778 g/mol. The van der Waals surface area contributed by atoms with Gasteiger partial charge in [-0.25, -0.2) is 0 Å². The molecule has 0 aliphatic carbocycles. The van der Waals surface area contributed by atoms with Crippen molar-refractivity contribution < 1.29 is 4.42 Å². The summed E-state index contributed by atoms with van der Waals surface area (Å²) in [6.45, 7) is 0. The van der Waals surface area contributed by atoms with E-state index in [9.17, 15) is 0 Å². The van der Waals surface area contributed by atoms with Crippen LogP contribution in [0.4, 0.5) is 17.1 Å². The molecule has 61 heavy (non-hydrogen) atoms. The van der Waals surface area contributed by atoms with E-state index in [4.69, 9.17) is 4.42 Å². The van der Waals surface area contributed by atoms with Crippen LogP contribution in [0, 0.1) is 0 Å². The second-order valence-electron chi connectivity index (χ2n) is 15.7. The van der Waals surface area contributed by atoms with Gasteiger partial charge in [0.15, 0.2) is 0 Å². The van der Waals surface area contributed by atoms with Gasteiger partial charge in [-0.3, -0.25) is 0 Å². The fourth-order valence-electron chi connectivity index (χ4n) is 9.32. The SMILES string of the molecule is c1cc(-c2ccc(N(c3ccccc3-c3ccc4c(c3)oc3ccccc34)c3cccc4ccccc34)cc2)cc(-c2cccc(-n3c4ccccc4c4ccccc43)c2)c1. The number of fused-ring (bicyclic) bond motifs is 7. The van der Waals surface area contributed by atoms with Crippen molar-refractivity contribution in [2.45, 2.75) is 0 Å². The van der Waals surface area contributed by atoms with Crippen molar-refractivity contribution in [3.05, 3.63) is 231 Å². The molecule has 0 aliphatic rings. The lowest BCUT2D eigenvalue weighted by Gasteiger charge is -2.29. The Hall–Kier alpha value is -8.14. The van der Waals surface area contributed by atoms with Crippen LogP contribution in [-0.2, 0) is 0 Å². The summed E-state index contributed by atoms with van der Waals surface area (Å²) in [6.07, 6.45) is 0. The first-order valence-corrected chi connectivity index (χ1v) is 20.8. The Morgan fingerprint density at radius 1 is 0.328 bits per heavy atom. The lowest BCUT2D eigenvalue weighted by atomic mass is 9.97. The zero-order valence-corrected chi connectivity index (χ0v) is 33.2. The Bertz CT molecular complexity index is 3550. The zero-order valence-electron chi connectivity index (χ0n) is 33.2. The molecule has 12 aromatic rings. The molecule has 0 fully saturated rings. The molecule has 0 N–H and O–H groups in total. The summed E-state index contributed by atoms with van der Waals surface area (Å²) >= 11 is 0. The van der Waals surface area contributed by atoms with Crippen molar-refractivity contribution in [2.24, 2.45) is 0 Å². The molecule has 12 rings (SSSR count). The summed E-state index contributed by atoms with van der Waals surface area (Å²) in [7, 11) is 0. The molecular formula is C58H38N2O. The van der Waals surface area contributed by atoms with Crippen molar-refractivity contribution in [3.8, 4) is 39.1 Å². The van der Waals surface area contributed by atoms with Crippen molar-refractivity contribution >= 4 is 71.6 Å². The Kier molecular flexibility index (Phi) is 8.17. The molecular weight excluding hydrogens is 741 g/mol. The number of nitrogens with zero attached hydrogens (tertiary/aromatic N) is 2. The van der Waals surface area contributed by atoms with Gasteiger partial charge < -0.3 is 13.9 Å². The average molecular weight is 779 g/mol. The summed E-state index contributed by atoms with van der Waals surface area (Å²) in [6, 6.07) is 83.0. The standard InChI is InChI=1S/C58H38N2O/c1-2-20-47-40(14-1)15-13-28-54(47)59(53-25-7-3-21-48(53)44-32-35-52-51-24-6-10-29-57(51)61-58(52)38-44)45-33-30-39(31-34-45)41-16-11-17-42(36-41)43-18-12-19-46(37-43)60-55-26-8-4-22-49(55)50-23-5-9-27-56(50)60/h1-38H. The van der Waals surface area contributed by atoms with E-state index >= 15 is 0 Å². The fraction of sp³-hybridized carbons (Fsp3) is 0. The molecule has 3 nitrogen and oxygen atoms in total. The van der Waals surface area contributed by atoms with Gasteiger partial charge in [0, 0.05) is 43.9 Å². The maximum Gasteiger partial charge on any atom is 0.136 e. The molecule has 0 bridgehead atoms. The molecule has 3 heteroatoms. The van der Waals surface area contributed by atoms with Crippen molar-refractivity contribution in [3.63, 3.8) is 0 Å². The molecule has 0 saturated heterocycles. The molecule has 2 heterocycles. The van der Waals surface area contributed by atoms with Crippen LogP contribution in [0.15, 0.2) is 235 Å². The van der Waals surface area contributed by atoms with E-state index in [0.717, 1.165) is 61.4 Å². The number of para-hydroxylation sites is 4. The van der Waals surface area contributed by atoms with Crippen molar-refractivity contribution in [2.75, 3.05) is 4.90 Å². The Morgan fingerprint density at radius 2 is 0.885 bits per heavy atom. The number of rotatable bonds is 7. The first kappa shape index (κ1) is 34.9. The van der Waals surface area contributed by atoms with Crippen molar-refractivity contribution in [1.82, 2.24) is 4.57 Å². The Balaban J connectivity index is 0.942. The molecule has 0 unspecified atom stereocenters. The minimum Gasteiger partial charge on any atom is -0.456 e. The molecule has 10 aromatic carbocycles. The van der Waals surface area contributed by atoms with Crippen LogP contribution in [0.2, 0.25) is 0 Å². The van der Waals surface area contributed by atoms with Gasteiger partial charge in [-0.05, 0) is 106 Å². The molecule has 0 radical (unpaired) electrons. The highest BCUT2D eigenvalue weighted by atomic mass is 16.3. The highest BCUT2D eigenvalue weighted by Crippen LogP contribution is 2.45. The van der Waals surface area contributed by atoms with E-state index < -0.39 is 0 Å². The molecule has 2 aromatic heterocycles. The first-order valence-electron chi connectivity index (χ1n) is 20.8. The van der Waals surface area contributed by atoms with Gasteiger partial charge in [0.25, 0.3) is 0 Å². The fourth-order valence-corrected chi connectivity index (χ4v) is 9.32. The van der Waals surface area contributed by atoms with Gasteiger partial charge in [0.05, 0.1) is 22.4 Å². The third-order valence-corrected chi connectivity index (χ3v) is 12.2. The minimum atomic E-state index is 0.884. The largest absolute Gasteiger partial charge is 0.456 e. The molecule has 286 valence electrons. The maximum absolute atomic E-state index is 6.37. The molecule has 0 atom stereocenters. The maximum atomic E-state index is 6.37. The van der Waals surface area contributed by atoms with Gasteiger partial charge in [0.1, 0.15) is 11.2 Å². The first-order chi connectivity index (χ1) is 30.2. The summed E-state index contributed by atoms with van der Waals surface area (Å²) in [5.74, 6) is 0. The third kappa shape index (κ3) is 5.90. The number of anilines is 3. The van der Waals surface area contributed by atoms with Gasteiger partial charge in [-0.15, -0.1) is 0 Å². The minimum absolute atomic E-state index is 0.884. The lowest BCUT2D eigenvalue weighted by molar-refractivity contribution is 0.669. The molecule has 0 saturated carbocycles. The summed E-state index contributed by atoms with van der Waals surface area (Å²) in [5.41, 5.74) is 15.5. The molecule has 0 spiro atoms. The quantitative estimate of drug-likeness (QED) is 0.161. The van der Waals surface area contributed by atoms with E-state index in [1.54, 1.807) is 0 Å². The lowest BCUT2D eigenvalue weighted by Crippen LogP contribution is -2.11. The van der Waals surface area contributed by atoms with E-state index in [1.165, 1.54) is 49.3 Å². The van der Waals surface area contributed by atoms with Gasteiger partial charge in [0.2, 0.25) is 0 Å². The van der Waals surface area contributed by atoms with Gasteiger partial charge >= 0.3 is 0 Å². The second-order valence-corrected chi connectivity index (χ2v) is 15.7. The van der Waals surface area contributed by atoms with E-state index in [2.05, 4.69) is 228 Å². The second kappa shape index (κ2) is 14.3. The van der Waals surface area contributed by atoms with E-state index in [0.29, 0.717) is 0 Å². The van der Waals surface area contributed by atoms with Gasteiger partial charge in [-0.2, -0.15) is 0 Å². The Morgan fingerprint density at radius 3 is 1.69 bits per heavy atom. The van der Waals surface area contributed by atoms with Crippen LogP contribution in [0.5, 0.6) is 0 Å². The topological polar surface area (TPSA) is 21.3 Å². The van der Waals surface area contributed by atoms with Gasteiger partial charge in [-0.1, -0.05) is 158 Å². The van der Waals surface area contributed by atoms with Crippen LogP contribution in [0.25, 0.3) is 93.6 Å². The predicted octanol–water partition coefficient (Wildman–Crippen LogP) is 16.3. The van der Waals surface area contributed by atoms with Crippen LogP contribution < -0.4 is 4.90 Å². The average Bonchev–Trinajstić information content (AvgIpc) is 3.88. The van der Waals surface area contributed by atoms with Crippen LogP contribution >= 0.6 is 0 Å². The Labute approximate surface area is 353 Å². The summed E-state index contributed by atoms with van der Waals surface area (Å²) in [4.78, 5) is 2.40. The number of furan rings is 1. The smallest absolute Gasteiger partial charge is 0.136 e. The molecule has 0 amide bonds. The number of hydrogen-bond acceptors (Lipinski definition) is 2. The highest BCUT2D eigenvalue weighted by Gasteiger charge is 2.20. The summed E-state index contributed by atoms with van der Waals surface area (Å²) in [5, 5.41) is 7.17. The van der Waals surface area contributed by atoms with Crippen molar-refractivity contribution in [1.29, 1.82) is 0 Å². The highest BCUT2D eigenvalue weighted by molar-refractivity contribution is 6.10. The zero-order chi connectivity index (χ0) is 40.3. The van der Waals surface area contributed by atoms with E-state index in [1.807, 2.05) is 12.1 Å². The number of aromatic nitrogens is 1. The summed E-state index contributed by atoms with van der Waals surface area (Å²) < 4.78 is 8.76. The number of hydrogen-bond donors (Lipinski definition) is 0. The van der Waals surface area contributed by atoms with Crippen LogP contribution in [-0.4, -0.2) is 4.57 Å². The van der Waals surface area contributed by atoms with Crippen LogP contribution in [0.1, 0.15) is 0 Å². The normalized spacial score (nSPS) is 11.6. The van der Waals surface area contributed by atoms with E-state index in [-0.39, 0.29) is 0 Å².